The molecule has 1 heterocycles. The molecule has 0 radical (unpaired) electrons. The number of aromatic nitrogens is 1. The molecular formula is C18H20N2OS. The van der Waals surface area contributed by atoms with Crippen molar-refractivity contribution in [2.45, 2.75) is 26.9 Å². The quantitative estimate of drug-likeness (QED) is 0.782. The monoisotopic (exact) mass is 312 g/mol. The van der Waals surface area contributed by atoms with Crippen LogP contribution in [-0.2, 0) is 13.1 Å². The summed E-state index contributed by atoms with van der Waals surface area (Å²) >= 11 is 1.73. The van der Waals surface area contributed by atoms with Crippen molar-refractivity contribution in [2.24, 2.45) is 0 Å². The summed E-state index contributed by atoms with van der Waals surface area (Å²) < 4.78 is 1.22. The first-order valence-electron chi connectivity index (χ1n) is 7.35. The standard InChI is InChI=1S/C18H20N2OS/c1-12-8-14(16(21)9-13(12)2)10-20(3)11-18-19-15-6-4-5-7-17(15)22-18/h4-9,21H,10-11H2,1-3H3. The predicted octanol–water partition coefficient (Wildman–Crippen LogP) is 4.25. The lowest BCUT2D eigenvalue weighted by atomic mass is 10.0. The highest BCUT2D eigenvalue weighted by Crippen LogP contribution is 2.25. The Kier molecular flexibility index (Phi) is 4.14. The minimum atomic E-state index is 0.374. The van der Waals surface area contributed by atoms with E-state index < -0.39 is 0 Å². The SMILES string of the molecule is Cc1cc(O)c(CN(C)Cc2nc3ccccc3s2)cc1C. The second-order valence-electron chi connectivity index (χ2n) is 5.81. The maximum Gasteiger partial charge on any atom is 0.120 e. The average Bonchev–Trinajstić information content (AvgIpc) is 2.86. The van der Waals surface area contributed by atoms with E-state index in [-0.39, 0.29) is 0 Å². The van der Waals surface area contributed by atoms with Crippen LogP contribution in [0.25, 0.3) is 10.2 Å². The van der Waals surface area contributed by atoms with Crippen molar-refractivity contribution in [2.75, 3.05) is 7.05 Å². The van der Waals surface area contributed by atoms with Crippen LogP contribution in [0.2, 0.25) is 0 Å². The highest BCUT2D eigenvalue weighted by Gasteiger charge is 2.10. The van der Waals surface area contributed by atoms with Crippen LogP contribution in [0.15, 0.2) is 36.4 Å². The van der Waals surface area contributed by atoms with Crippen molar-refractivity contribution in [1.29, 1.82) is 0 Å². The smallest absolute Gasteiger partial charge is 0.120 e. The van der Waals surface area contributed by atoms with Gasteiger partial charge in [-0.25, -0.2) is 4.98 Å². The van der Waals surface area contributed by atoms with Crippen LogP contribution in [0.3, 0.4) is 0 Å². The molecule has 114 valence electrons. The van der Waals surface area contributed by atoms with Crippen molar-refractivity contribution < 1.29 is 5.11 Å². The Morgan fingerprint density at radius 2 is 1.82 bits per heavy atom. The minimum absolute atomic E-state index is 0.374. The third kappa shape index (κ3) is 3.13. The van der Waals surface area contributed by atoms with Crippen LogP contribution in [-0.4, -0.2) is 22.0 Å². The molecule has 3 nitrogen and oxygen atoms in total. The Balaban J connectivity index is 1.74. The number of nitrogens with zero attached hydrogens (tertiary/aromatic N) is 2. The maximum atomic E-state index is 10.1. The van der Waals surface area contributed by atoms with Crippen molar-refractivity contribution in [1.82, 2.24) is 9.88 Å². The molecule has 0 saturated carbocycles. The molecule has 2 aromatic carbocycles. The molecule has 22 heavy (non-hydrogen) atoms. The summed E-state index contributed by atoms with van der Waals surface area (Å²) in [4.78, 5) is 6.84. The van der Waals surface area contributed by atoms with E-state index in [0.29, 0.717) is 12.3 Å². The number of benzene rings is 2. The van der Waals surface area contributed by atoms with E-state index in [2.05, 4.69) is 36.0 Å². The Bertz CT molecular complexity index is 777. The number of hydrogen-bond acceptors (Lipinski definition) is 4. The summed E-state index contributed by atoms with van der Waals surface area (Å²) in [5.74, 6) is 0.374. The number of hydrogen-bond donors (Lipinski definition) is 1. The second kappa shape index (κ2) is 6.07. The van der Waals surface area contributed by atoms with Gasteiger partial charge in [-0.15, -0.1) is 11.3 Å². The summed E-state index contributed by atoms with van der Waals surface area (Å²) in [5, 5.41) is 11.2. The number of para-hydroxylation sites is 1. The van der Waals surface area contributed by atoms with E-state index in [9.17, 15) is 5.11 Å². The topological polar surface area (TPSA) is 36.4 Å². The van der Waals surface area contributed by atoms with Crippen molar-refractivity contribution in [3.05, 3.63) is 58.1 Å². The van der Waals surface area contributed by atoms with Gasteiger partial charge in [0.15, 0.2) is 0 Å². The number of rotatable bonds is 4. The van der Waals surface area contributed by atoms with Gasteiger partial charge < -0.3 is 5.11 Å². The lowest BCUT2D eigenvalue weighted by Crippen LogP contribution is -2.17. The molecule has 0 saturated heterocycles. The zero-order valence-corrected chi connectivity index (χ0v) is 13.9. The van der Waals surface area contributed by atoms with Gasteiger partial charge in [0.25, 0.3) is 0 Å². The van der Waals surface area contributed by atoms with Crippen LogP contribution >= 0.6 is 11.3 Å². The molecule has 4 heteroatoms. The van der Waals surface area contributed by atoms with E-state index >= 15 is 0 Å². The van der Waals surface area contributed by atoms with Gasteiger partial charge in [0, 0.05) is 12.1 Å². The molecule has 0 amide bonds. The van der Waals surface area contributed by atoms with E-state index in [1.807, 2.05) is 31.2 Å². The van der Waals surface area contributed by atoms with Crippen molar-refractivity contribution in [3.63, 3.8) is 0 Å². The fourth-order valence-electron chi connectivity index (χ4n) is 2.55. The molecule has 1 N–H and O–H groups in total. The van der Waals surface area contributed by atoms with Gasteiger partial charge >= 0.3 is 0 Å². The molecule has 0 aliphatic rings. The first-order valence-corrected chi connectivity index (χ1v) is 8.16. The fourth-order valence-corrected chi connectivity index (χ4v) is 3.60. The van der Waals surface area contributed by atoms with Gasteiger partial charge in [-0.3, -0.25) is 4.90 Å². The molecule has 0 aliphatic heterocycles. The van der Waals surface area contributed by atoms with E-state index in [1.54, 1.807) is 11.3 Å². The molecule has 0 fully saturated rings. The molecule has 0 spiro atoms. The van der Waals surface area contributed by atoms with Crippen LogP contribution < -0.4 is 0 Å². The van der Waals surface area contributed by atoms with Crippen molar-refractivity contribution >= 4 is 21.6 Å². The van der Waals surface area contributed by atoms with Crippen LogP contribution in [0, 0.1) is 13.8 Å². The van der Waals surface area contributed by atoms with Gasteiger partial charge in [0.2, 0.25) is 0 Å². The zero-order chi connectivity index (χ0) is 15.7. The normalized spacial score (nSPS) is 11.5. The Morgan fingerprint density at radius 1 is 1.09 bits per heavy atom. The largest absolute Gasteiger partial charge is 0.508 e. The third-order valence-corrected chi connectivity index (χ3v) is 4.90. The number of aromatic hydroxyl groups is 1. The summed E-state index contributed by atoms with van der Waals surface area (Å²) in [6, 6.07) is 12.1. The third-order valence-electron chi connectivity index (χ3n) is 3.88. The summed E-state index contributed by atoms with van der Waals surface area (Å²) in [6.07, 6.45) is 0. The molecule has 3 rings (SSSR count). The Hall–Kier alpha value is -1.91. The molecule has 0 unspecified atom stereocenters. The fraction of sp³-hybridized carbons (Fsp3) is 0.278. The minimum Gasteiger partial charge on any atom is -0.508 e. The molecule has 0 bridgehead atoms. The highest BCUT2D eigenvalue weighted by atomic mass is 32.1. The Morgan fingerprint density at radius 3 is 2.59 bits per heavy atom. The lowest BCUT2D eigenvalue weighted by molar-refractivity contribution is 0.312. The van der Waals surface area contributed by atoms with Crippen LogP contribution in [0.4, 0.5) is 0 Å². The zero-order valence-electron chi connectivity index (χ0n) is 13.1. The van der Waals surface area contributed by atoms with Gasteiger partial charge in [-0.1, -0.05) is 18.2 Å². The number of phenols is 1. The van der Waals surface area contributed by atoms with Gasteiger partial charge in [-0.05, 0) is 50.2 Å². The molecule has 3 aromatic rings. The number of aryl methyl sites for hydroxylation is 2. The number of phenolic OH excluding ortho intramolecular Hbond substituents is 1. The Labute approximate surface area is 134 Å². The number of thiazole rings is 1. The molecular weight excluding hydrogens is 292 g/mol. The van der Waals surface area contributed by atoms with E-state index in [1.165, 1.54) is 10.3 Å². The summed E-state index contributed by atoms with van der Waals surface area (Å²) in [6.45, 7) is 5.59. The summed E-state index contributed by atoms with van der Waals surface area (Å²) in [7, 11) is 2.06. The first-order chi connectivity index (χ1) is 10.5. The van der Waals surface area contributed by atoms with Crippen molar-refractivity contribution in [3.8, 4) is 5.75 Å². The molecule has 1 aromatic heterocycles. The second-order valence-corrected chi connectivity index (χ2v) is 6.93. The van der Waals surface area contributed by atoms with Crippen LogP contribution in [0.1, 0.15) is 21.7 Å². The summed E-state index contributed by atoms with van der Waals surface area (Å²) in [5.41, 5.74) is 4.35. The predicted molar refractivity (Wildman–Crippen MR) is 92.4 cm³/mol. The van der Waals surface area contributed by atoms with Crippen LogP contribution in [0.5, 0.6) is 5.75 Å². The van der Waals surface area contributed by atoms with E-state index in [4.69, 9.17) is 0 Å². The first kappa shape index (κ1) is 15.0. The molecule has 0 atom stereocenters. The molecule has 0 aliphatic carbocycles. The average molecular weight is 312 g/mol. The van der Waals surface area contributed by atoms with Gasteiger partial charge in [0.1, 0.15) is 10.8 Å². The van der Waals surface area contributed by atoms with E-state index in [0.717, 1.165) is 28.2 Å². The lowest BCUT2D eigenvalue weighted by Gasteiger charge is -2.17. The van der Waals surface area contributed by atoms with Gasteiger partial charge in [-0.2, -0.15) is 0 Å². The number of fused-ring (bicyclic) bond motifs is 1. The maximum absolute atomic E-state index is 10.1. The van der Waals surface area contributed by atoms with Gasteiger partial charge in [0.05, 0.1) is 16.8 Å². The highest BCUT2D eigenvalue weighted by molar-refractivity contribution is 7.18.